The van der Waals surface area contributed by atoms with E-state index < -0.39 is 0 Å². The van der Waals surface area contributed by atoms with Crippen molar-refractivity contribution in [3.8, 4) is 5.75 Å². The van der Waals surface area contributed by atoms with Crippen molar-refractivity contribution in [1.82, 2.24) is 19.5 Å². The molecule has 0 atom stereocenters. The van der Waals surface area contributed by atoms with Gasteiger partial charge in [-0.25, -0.2) is 4.68 Å². The number of nitrogens with one attached hydrogen (secondary N) is 1. The average molecular weight is 410 g/mol. The second kappa shape index (κ2) is 8.08. The molecule has 0 saturated heterocycles. The fraction of sp³-hybridized carbons (Fsp3) is 0.286. The maximum absolute atomic E-state index is 12.9. The number of thiophene rings is 1. The van der Waals surface area contributed by atoms with E-state index in [1.807, 2.05) is 53.1 Å². The van der Waals surface area contributed by atoms with Crippen LogP contribution in [-0.4, -0.2) is 33.7 Å². The summed E-state index contributed by atoms with van der Waals surface area (Å²) in [7, 11) is 1.63. The van der Waals surface area contributed by atoms with Gasteiger partial charge in [0.25, 0.3) is 5.56 Å². The lowest BCUT2D eigenvalue weighted by Gasteiger charge is -2.11. The molecule has 1 amide bonds. The van der Waals surface area contributed by atoms with Crippen molar-refractivity contribution in [3.63, 3.8) is 0 Å². The largest absolute Gasteiger partial charge is 0.496 e. The molecule has 0 aliphatic heterocycles. The van der Waals surface area contributed by atoms with Gasteiger partial charge in [-0.2, -0.15) is 5.10 Å². The fourth-order valence-corrected chi connectivity index (χ4v) is 4.30. The molecule has 0 bridgehead atoms. The lowest BCUT2D eigenvalue weighted by Crippen LogP contribution is -2.36. The van der Waals surface area contributed by atoms with Gasteiger partial charge in [-0.3, -0.25) is 14.0 Å². The highest BCUT2D eigenvalue weighted by molar-refractivity contribution is 7.17. The van der Waals surface area contributed by atoms with Gasteiger partial charge in [-0.05, 0) is 35.6 Å². The molecule has 4 aromatic rings. The predicted molar refractivity (Wildman–Crippen MR) is 114 cm³/mol. The van der Waals surface area contributed by atoms with Gasteiger partial charge in [0, 0.05) is 13.0 Å². The van der Waals surface area contributed by atoms with Crippen molar-refractivity contribution in [2.75, 3.05) is 13.7 Å². The first-order chi connectivity index (χ1) is 14.1. The van der Waals surface area contributed by atoms with Gasteiger partial charge in [0.05, 0.1) is 17.3 Å². The lowest BCUT2D eigenvalue weighted by molar-refractivity contribution is -0.121. The number of benzene rings is 1. The Bertz CT molecular complexity index is 1240. The highest BCUT2D eigenvalue weighted by atomic mass is 32.1. The zero-order valence-electron chi connectivity index (χ0n) is 16.3. The summed E-state index contributed by atoms with van der Waals surface area (Å²) < 4.78 is 9.52. The van der Waals surface area contributed by atoms with E-state index >= 15 is 0 Å². The van der Waals surface area contributed by atoms with Crippen molar-refractivity contribution >= 4 is 33.0 Å². The first kappa shape index (κ1) is 19.2. The Labute approximate surface area is 171 Å². The number of carbonyl (C=O) groups excluding carboxylic acids is 1. The van der Waals surface area contributed by atoms with E-state index in [1.54, 1.807) is 18.4 Å². The van der Waals surface area contributed by atoms with Crippen LogP contribution in [0.15, 0.2) is 46.6 Å². The van der Waals surface area contributed by atoms with Crippen LogP contribution in [0, 0.1) is 0 Å². The maximum Gasteiger partial charge on any atom is 0.291 e. The number of amides is 1. The van der Waals surface area contributed by atoms with Gasteiger partial charge in [0.15, 0.2) is 0 Å². The number of hydrogen-bond donors (Lipinski definition) is 1. The number of para-hydroxylation sites is 1. The SMILES string of the molecule is CCc1nn(CC(=O)NCCc2ccccc2OC)c(=O)c2cc3sccc3n12. The molecule has 3 aromatic heterocycles. The maximum atomic E-state index is 12.9. The Morgan fingerprint density at radius 2 is 2.07 bits per heavy atom. The summed E-state index contributed by atoms with van der Waals surface area (Å²) in [6.07, 6.45) is 1.30. The number of hydrogen-bond acceptors (Lipinski definition) is 5. The van der Waals surface area contributed by atoms with Gasteiger partial charge < -0.3 is 10.1 Å². The van der Waals surface area contributed by atoms with E-state index in [1.165, 1.54) is 4.68 Å². The Morgan fingerprint density at radius 3 is 2.86 bits per heavy atom. The number of aryl methyl sites for hydroxylation is 1. The van der Waals surface area contributed by atoms with E-state index in [9.17, 15) is 9.59 Å². The molecule has 0 aliphatic rings. The first-order valence-corrected chi connectivity index (χ1v) is 10.4. The first-order valence-electron chi connectivity index (χ1n) is 9.49. The number of ether oxygens (including phenoxy) is 1. The normalized spacial score (nSPS) is 11.2. The van der Waals surface area contributed by atoms with Gasteiger partial charge >= 0.3 is 0 Å². The molecule has 1 N–H and O–H groups in total. The zero-order valence-corrected chi connectivity index (χ0v) is 17.2. The zero-order chi connectivity index (χ0) is 20.4. The number of nitrogens with zero attached hydrogens (tertiary/aromatic N) is 3. The van der Waals surface area contributed by atoms with Crippen LogP contribution in [0.4, 0.5) is 0 Å². The summed E-state index contributed by atoms with van der Waals surface area (Å²) in [5.74, 6) is 1.31. The molecule has 0 aliphatic carbocycles. The summed E-state index contributed by atoms with van der Waals surface area (Å²) >= 11 is 1.59. The van der Waals surface area contributed by atoms with E-state index in [0.29, 0.717) is 24.9 Å². The Morgan fingerprint density at radius 1 is 1.24 bits per heavy atom. The molecule has 29 heavy (non-hydrogen) atoms. The Balaban J connectivity index is 1.51. The molecule has 0 radical (unpaired) electrons. The van der Waals surface area contributed by atoms with E-state index in [0.717, 1.165) is 27.4 Å². The molecule has 0 unspecified atom stereocenters. The van der Waals surface area contributed by atoms with Crippen molar-refractivity contribution in [3.05, 3.63) is 63.5 Å². The molecule has 1 aromatic carbocycles. The van der Waals surface area contributed by atoms with Crippen LogP contribution in [-0.2, 0) is 24.2 Å². The molecular weight excluding hydrogens is 388 g/mol. The molecule has 7 nitrogen and oxygen atoms in total. The monoisotopic (exact) mass is 410 g/mol. The second-order valence-electron chi connectivity index (χ2n) is 6.68. The average Bonchev–Trinajstić information content (AvgIpc) is 3.32. The Kier molecular flexibility index (Phi) is 5.35. The van der Waals surface area contributed by atoms with Gasteiger partial charge in [0.1, 0.15) is 23.6 Å². The van der Waals surface area contributed by atoms with Crippen LogP contribution < -0.4 is 15.6 Å². The van der Waals surface area contributed by atoms with Gasteiger partial charge in [-0.15, -0.1) is 11.3 Å². The fourth-order valence-electron chi connectivity index (χ4n) is 3.50. The van der Waals surface area contributed by atoms with Crippen molar-refractivity contribution < 1.29 is 9.53 Å². The van der Waals surface area contributed by atoms with E-state index in [4.69, 9.17) is 4.74 Å². The van der Waals surface area contributed by atoms with E-state index in [2.05, 4.69) is 10.4 Å². The van der Waals surface area contributed by atoms with Gasteiger partial charge in [-0.1, -0.05) is 25.1 Å². The highest BCUT2D eigenvalue weighted by Gasteiger charge is 2.15. The smallest absolute Gasteiger partial charge is 0.291 e. The summed E-state index contributed by atoms with van der Waals surface area (Å²) in [6, 6.07) is 11.6. The minimum atomic E-state index is -0.259. The topological polar surface area (TPSA) is 77.6 Å². The summed E-state index contributed by atoms with van der Waals surface area (Å²) in [5.41, 5.74) is 2.30. The molecule has 0 spiro atoms. The summed E-state index contributed by atoms with van der Waals surface area (Å²) in [6.45, 7) is 2.34. The quantitative estimate of drug-likeness (QED) is 0.508. The number of rotatable bonds is 7. The lowest BCUT2D eigenvalue weighted by atomic mass is 10.1. The van der Waals surface area contributed by atoms with Crippen molar-refractivity contribution in [2.24, 2.45) is 0 Å². The third-order valence-electron chi connectivity index (χ3n) is 4.89. The number of aromatic nitrogens is 3. The van der Waals surface area contributed by atoms with E-state index in [-0.39, 0.29) is 18.0 Å². The Hall–Kier alpha value is -3.13. The standard InChI is InChI=1S/C21H22N4O3S/c1-3-19-23-24(21(27)16-12-18-15(25(16)19)9-11-29-18)13-20(26)22-10-8-14-6-4-5-7-17(14)28-2/h4-7,9,11-12H,3,8,10,13H2,1-2H3,(H,22,26). The predicted octanol–water partition coefficient (Wildman–Crippen LogP) is 2.64. The van der Waals surface area contributed by atoms with Crippen molar-refractivity contribution in [1.29, 1.82) is 0 Å². The third-order valence-corrected chi connectivity index (χ3v) is 5.74. The van der Waals surface area contributed by atoms with Crippen molar-refractivity contribution in [2.45, 2.75) is 26.3 Å². The summed E-state index contributed by atoms with van der Waals surface area (Å²) in [5, 5.41) is 9.31. The number of carbonyl (C=O) groups is 1. The number of methoxy groups -OCH3 is 1. The van der Waals surface area contributed by atoms with Crippen LogP contribution in [0.25, 0.3) is 15.7 Å². The molecule has 8 heteroatoms. The molecule has 4 rings (SSSR count). The summed E-state index contributed by atoms with van der Waals surface area (Å²) in [4.78, 5) is 25.3. The molecule has 0 saturated carbocycles. The molecular formula is C21H22N4O3S. The van der Waals surface area contributed by atoms with Gasteiger partial charge in [0.2, 0.25) is 5.91 Å². The third kappa shape index (κ3) is 3.63. The number of fused-ring (bicyclic) bond motifs is 3. The van der Waals surface area contributed by atoms with Crippen LogP contribution in [0.3, 0.4) is 0 Å². The van der Waals surface area contributed by atoms with Crippen LogP contribution in [0.1, 0.15) is 18.3 Å². The molecule has 3 heterocycles. The van der Waals surface area contributed by atoms with Crippen LogP contribution >= 0.6 is 11.3 Å². The van der Waals surface area contributed by atoms with Crippen LogP contribution in [0.2, 0.25) is 0 Å². The van der Waals surface area contributed by atoms with Crippen LogP contribution in [0.5, 0.6) is 5.75 Å². The minimum absolute atomic E-state index is 0.104. The highest BCUT2D eigenvalue weighted by Crippen LogP contribution is 2.24. The molecule has 0 fully saturated rings. The molecule has 150 valence electrons. The minimum Gasteiger partial charge on any atom is -0.496 e. The second-order valence-corrected chi connectivity index (χ2v) is 7.63.